The first-order valence-corrected chi connectivity index (χ1v) is 8.13. The van der Waals surface area contributed by atoms with Gasteiger partial charge in [-0.3, -0.25) is 4.79 Å². The minimum absolute atomic E-state index is 0.142. The Labute approximate surface area is 127 Å². The lowest BCUT2D eigenvalue weighted by Gasteiger charge is -2.21. The molecule has 0 saturated heterocycles. The van der Waals surface area contributed by atoms with Crippen molar-refractivity contribution in [3.05, 3.63) is 23.4 Å². The Hall–Kier alpha value is -1.58. The van der Waals surface area contributed by atoms with E-state index in [1.54, 1.807) is 0 Å². The van der Waals surface area contributed by atoms with E-state index in [-0.39, 0.29) is 5.91 Å². The van der Waals surface area contributed by atoms with Crippen LogP contribution >= 0.6 is 0 Å². The van der Waals surface area contributed by atoms with E-state index >= 15 is 0 Å². The van der Waals surface area contributed by atoms with Crippen molar-refractivity contribution in [2.24, 2.45) is 0 Å². The minimum Gasteiger partial charge on any atom is -0.370 e. The Kier molecular flexibility index (Phi) is 5.21. The van der Waals surface area contributed by atoms with Crippen molar-refractivity contribution in [3.63, 3.8) is 0 Å². The molecule has 0 spiro atoms. The molecule has 1 saturated carbocycles. The van der Waals surface area contributed by atoms with Gasteiger partial charge in [0, 0.05) is 30.4 Å². The molecule has 0 radical (unpaired) electrons. The molecule has 1 heterocycles. The summed E-state index contributed by atoms with van der Waals surface area (Å²) < 4.78 is 0. The summed E-state index contributed by atoms with van der Waals surface area (Å²) in [5.74, 6) is 1.28. The van der Waals surface area contributed by atoms with Crippen LogP contribution in [0, 0.1) is 0 Å². The Balaban J connectivity index is 2.27. The van der Waals surface area contributed by atoms with Crippen molar-refractivity contribution < 1.29 is 4.79 Å². The molecular weight excluding hydrogens is 262 g/mol. The molecule has 0 aromatic carbocycles. The molecule has 1 amide bonds. The van der Waals surface area contributed by atoms with Crippen LogP contribution in [0.15, 0.2) is 12.1 Å². The number of aromatic nitrogens is 1. The molecule has 0 bridgehead atoms. The maximum Gasteiger partial charge on any atom is 0.254 e. The highest BCUT2D eigenvalue weighted by atomic mass is 16.2. The molecule has 4 nitrogen and oxygen atoms in total. The predicted octanol–water partition coefficient (Wildman–Crippen LogP) is 3.65. The van der Waals surface area contributed by atoms with Gasteiger partial charge < -0.3 is 10.2 Å². The van der Waals surface area contributed by atoms with Crippen LogP contribution in [0.2, 0.25) is 0 Å². The van der Waals surface area contributed by atoms with Gasteiger partial charge in [-0.05, 0) is 44.2 Å². The van der Waals surface area contributed by atoms with E-state index < -0.39 is 0 Å². The Bertz CT molecular complexity index is 495. The van der Waals surface area contributed by atoms with Gasteiger partial charge in [0.05, 0.1) is 0 Å². The number of nitrogens with one attached hydrogen (secondary N) is 1. The first-order chi connectivity index (χ1) is 10.1. The molecule has 1 aliphatic carbocycles. The van der Waals surface area contributed by atoms with Crippen LogP contribution in [0.1, 0.15) is 68.9 Å². The van der Waals surface area contributed by atoms with Gasteiger partial charge in [-0.15, -0.1) is 0 Å². The zero-order valence-corrected chi connectivity index (χ0v) is 13.6. The highest BCUT2D eigenvalue weighted by molar-refractivity contribution is 5.95. The molecule has 0 unspecified atom stereocenters. The summed E-state index contributed by atoms with van der Waals surface area (Å²) in [7, 11) is 0. The van der Waals surface area contributed by atoms with Crippen molar-refractivity contribution >= 4 is 11.7 Å². The first-order valence-electron chi connectivity index (χ1n) is 8.13. The summed E-state index contributed by atoms with van der Waals surface area (Å²) in [5, 5.41) is 3.30. The van der Waals surface area contributed by atoms with Crippen molar-refractivity contribution in [2.45, 2.75) is 58.9 Å². The summed E-state index contributed by atoms with van der Waals surface area (Å²) in [6, 6.07) is 4.30. The molecule has 2 rings (SSSR count). The lowest BCUT2D eigenvalue weighted by molar-refractivity contribution is 0.0752. The Morgan fingerprint density at radius 1 is 1.38 bits per heavy atom. The van der Waals surface area contributed by atoms with Crippen LogP contribution in [-0.4, -0.2) is 34.9 Å². The maximum atomic E-state index is 12.7. The third-order valence-electron chi connectivity index (χ3n) is 3.83. The van der Waals surface area contributed by atoms with Crippen LogP contribution in [-0.2, 0) is 0 Å². The van der Waals surface area contributed by atoms with Gasteiger partial charge in [0.15, 0.2) is 0 Å². The number of rotatable bonds is 7. The number of nitrogens with zero attached hydrogens (tertiary/aromatic N) is 2. The molecular formula is C17H27N3O. The fourth-order valence-electron chi connectivity index (χ4n) is 2.43. The van der Waals surface area contributed by atoms with Gasteiger partial charge in [0.1, 0.15) is 5.82 Å². The van der Waals surface area contributed by atoms with Gasteiger partial charge in [0.25, 0.3) is 5.91 Å². The number of anilines is 1. The van der Waals surface area contributed by atoms with Crippen molar-refractivity contribution in [3.8, 4) is 0 Å². The molecule has 116 valence electrons. The molecule has 0 aliphatic heterocycles. The average molecular weight is 289 g/mol. The summed E-state index contributed by atoms with van der Waals surface area (Å²) in [5.41, 5.74) is 1.74. The van der Waals surface area contributed by atoms with E-state index in [9.17, 15) is 4.79 Å². The summed E-state index contributed by atoms with van der Waals surface area (Å²) in [6.07, 6.45) is 3.32. The first kappa shape index (κ1) is 15.8. The van der Waals surface area contributed by atoms with Crippen molar-refractivity contribution in [2.75, 3.05) is 18.4 Å². The number of carbonyl (C=O) groups excluding carboxylic acids is 1. The zero-order valence-electron chi connectivity index (χ0n) is 13.6. The zero-order chi connectivity index (χ0) is 15.4. The third-order valence-corrected chi connectivity index (χ3v) is 3.83. The maximum absolute atomic E-state index is 12.7. The van der Waals surface area contributed by atoms with Gasteiger partial charge in [0.2, 0.25) is 0 Å². The topological polar surface area (TPSA) is 45.2 Å². The number of carbonyl (C=O) groups is 1. The monoisotopic (exact) mass is 289 g/mol. The fraction of sp³-hybridized carbons (Fsp3) is 0.647. The molecule has 0 atom stereocenters. The van der Waals surface area contributed by atoms with E-state index in [4.69, 9.17) is 0 Å². The lowest BCUT2D eigenvalue weighted by atomic mass is 10.1. The second kappa shape index (κ2) is 6.92. The van der Waals surface area contributed by atoms with Gasteiger partial charge in [-0.25, -0.2) is 4.98 Å². The smallest absolute Gasteiger partial charge is 0.254 e. The van der Waals surface area contributed by atoms with E-state index in [1.807, 2.05) is 17.0 Å². The largest absolute Gasteiger partial charge is 0.370 e. The summed E-state index contributed by atoms with van der Waals surface area (Å²) in [6.45, 7) is 10.1. The number of pyridine rings is 1. The Morgan fingerprint density at radius 3 is 2.62 bits per heavy atom. The molecule has 1 fully saturated rings. The highest BCUT2D eigenvalue weighted by Gasteiger charge is 2.32. The quantitative estimate of drug-likeness (QED) is 0.833. The van der Waals surface area contributed by atoms with Gasteiger partial charge >= 0.3 is 0 Å². The van der Waals surface area contributed by atoms with Crippen LogP contribution < -0.4 is 5.32 Å². The second-order valence-corrected chi connectivity index (χ2v) is 6.07. The van der Waals surface area contributed by atoms with E-state index in [2.05, 4.69) is 38.0 Å². The molecule has 21 heavy (non-hydrogen) atoms. The predicted molar refractivity (Wildman–Crippen MR) is 86.8 cm³/mol. The molecule has 1 aromatic rings. The molecule has 4 heteroatoms. The lowest BCUT2D eigenvalue weighted by Crippen LogP contribution is -2.33. The normalized spacial score (nSPS) is 14.3. The highest BCUT2D eigenvalue weighted by Crippen LogP contribution is 2.29. The van der Waals surface area contributed by atoms with Crippen LogP contribution in [0.25, 0.3) is 0 Å². The third kappa shape index (κ3) is 3.96. The molecule has 1 N–H and O–H groups in total. The fourth-order valence-corrected chi connectivity index (χ4v) is 2.43. The Morgan fingerprint density at radius 2 is 2.10 bits per heavy atom. The summed E-state index contributed by atoms with van der Waals surface area (Å²) >= 11 is 0. The van der Waals surface area contributed by atoms with Crippen molar-refractivity contribution in [1.82, 2.24) is 9.88 Å². The molecule has 1 aliphatic rings. The van der Waals surface area contributed by atoms with Gasteiger partial charge in [-0.2, -0.15) is 0 Å². The van der Waals surface area contributed by atoms with Crippen LogP contribution in [0.3, 0.4) is 0 Å². The average Bonchev–Trinajstić information content (AvgIpc) is 3.30. The molecule has 1 aromatic heterocycles. The minimum atomic E-state index is 0.142. The van der Waals surface area contributed by atoms with Crippen LogP contribution in [0.5, 0.6) is 0 Å². The van der Waals surface area contributed by atoms with E-state index in [1.165, 1.54) is 0 Å². The standard InChI is InChI=1S/C17H27N3O/c1-5-9-18-16-11-13(10-15(19-16)12(3)4)17(21)20(6-2)14-7-8-14/h10-12,14H,5-9H2,1-4H3,(H,18,19). The second-order valence-electron chi connectivity index (χ2n) is 6.07. The number of hydrogen-bond acceptors (Lipinski definition) is 3. The van der Waals surface area contributed by atoms with E-state index in [0.717, 1.165) is 49.4 Å². The summed E-state index contributed by atoms with van der Waals surface area (Å²) in [4.78, 5) is 19.3. The van der Waals surface area contributed by atoms with Crippen molar-refractivity contribution in [1.29, 1.82) is 0 Å². The SMILES string of the molecule is CCCNc1cc(C(=O)N(CC)C2CC2)cc(C(C)C)n1. The number of hydrogen-bond donors (Lipinski definition) is 1. The van der Waals surface area contributed by atoms with Crippen LogP contribution in [0.4, 0.5) is 5.82 Å². The van der Waals surface area contributed by atoms with Gasteiger partial charge in [-0.1, -0.05) is 20.8 Å². The van der Waals surface area contributed by atoms with E-state index in [0.29, 0.717) is 12.0 Å². The number of amides is 1.